The molecule has 0 radical (unpaired) electrons. The number of carbonyl (C=O) groups is 1. The maximum Gasteiger partial charge on any atom is 0.240 e. The minimum Gasteiger partial charge on any atom is -0.302 e. The predicted octanol–water partition coefficient (Wildman–Crippen LogP) is 3.15. The molecule has 0 aliphatic heterocycles. The van der Waals surface area contributed by atoms with Gasteiger partial charge >= 0.3 is 0 Å². The molecule has 0 aliphatic rings. The Morgan fingerprint density at radius 1 is 1.26 bits per heavy atom. The molecule has 124 valence electrons. The highest BCUT2D eigenvalue weighted by molar-refractivity contribution is 7.89. The van der Waals surface area contributed by atoms with Crippen LogP contribution in [0.1, 0.15) is 12.8 Å². The topological polar surface area (TPSA) is 88.2 Å². The first-order chi connectivity index (χ1) is 10.9. The van der Waals surface area contributed by atoms with Crippen LogP contribution in [-0.4, -0.2) is 25.9 Å². The van der Waals surface area contributed by atoms with Crippen LogP contribution in [0.3, 0.4) is 0 Å². The van der Waals surface area contributed by atoms with E-state index < -0.39 is 10.0 Å². The number of sulfonamides is 1. The fourth-order valence-electron chi connectivity index (χ4n) is 1.65. The van der Waals surface area contributed by atoms with Crippen LogP contribution in [-0.2, 0) is 14.8 Å². The zero-order valence-electron chi connectivity index (χ0n) is 11.8. The van der Waals surface area contributed by atoms with E-state index in [-0.39, 0.29) is 33.8 Å². The summed E-state index contributed by atoms with van der Waals surface area (Å²) >= 11 is 12.9. The van der Waals surface area contributed by atoms with Crippen molar-refractivity contribution >= 4 is 55.6 Å². The number of aromatic nitrogens is 1. The average Bonchev–Trinajstić information content (AvgIpc) is 2.99. The van der Waals surface area contributed by atoms with Gasteiger partial charge in [0.1, 0.15) is 0 Å². The van der Waals surface area contributed by atoms with E-state index in [1.165, 1.54) is 29.5 Å². The Morgan fingerprint density at radius 2 is 2.04 bits per heavy atom. The van der Waals surface area contributed by atoms with E-state index in [0.29, 0.717) is 11.6 Å². The second kappa shape index (κ2) is 8.07. The number of carbonyl (C=O) groups excluding carboxylic acids is 1. The molecular weight excluding hydrogens is 381 g/mol. The summed E-state index contributed by atoms with van der Waals surface area (Å²) in [5.74, 6) is -0.214. The fraction of sp³-hybridized carbons (Fsp3) is 0.231. The molecule has 2 rings (SSSR count). The van der Waals surface area contributed by atoms with Gasteiger partial charge in [-0.2, -0.15) is 0 Å². The third-order valence-corrected chi connectivity index (χ3v) is 5.64. The van der Waals surface area contributed by atoms with E-state index in [4.69, 9.17) is 23.2 Å². The first-order valence-electron chi connectivity index (χ1n) is 6.52. The Hall–Kier alpha value is -1.19. The van der Waals surface area contributed by atoms with Gasteiger partial charge in [-0.25, -0.2) is 18.1 Å². The Morgan fingerprint density at radius 3 is 2.70 bits per heavy atom. The highest BCUT2D eigenvalue weighted by Gasteiger charge is 2.15. The third-order valence-electron chi connectivity index (χ3n) is 2.75. The van der Waals surface area contributed by atoms with E-state index >= 15 is 0 Å². The van der Waals surface area contributed by atoms with Gasteiger partial charge in [0.2, 0.25) is 15.9 Å². The number of hydrogen-bond donors (Lipinski definition) is 2. The maximum atomic E-state index is 12.1. The first kappa shape index (κ1) is 18.2. The number of benzene rings is 1. The van der Waals surface area contributed by atoms with Gasteiger partial charge in [0.25, 0.3) is 0 Å². The summed E-state index contributed by atoms with van der Waals surface area (Å²) < 4.78 is 26.6. The summed E-state index contributed by atoms with van der Waals surface area (Å²) in [5, 5.41) is 5.34. The number of rotatable bonds is 7. The molecule has 0 atom stereocenters. The number of halogens is 2. The normalized spacial score (nSPS) is 11.4. The van der Waals surface area contributed by atoms with Gasteiger partial charge in [0.05, 0.1) is 14.9 Å². The minimum absolute atomic E-state index is 0.0270. The van der Waals surface area contributed by atoms with E-state index in [1.54, 1.807) is 11.6 Å². The summed E-state index contributed by atoms with van der Waals surface area (Å²) in [6, 6.07) is 4.06. The molecule has 2 N–H and O–H groups in total. The van der Waals surface area contributed by atoms with Gasteiger partial charge < -0.3 is 5.32 Å². The third kappa shape index (κ3) is 5.43. The van der Waals surface area contributed by atoms with Crippen LogP contribution in [0, 0.1) is 0 Å². The van der Waals surface area contributed by atoms with Crippen molar-refractivity contribution in [1.82, 2.24) is 9.71 Å². The molecule has 6 nitrogen and oxygen atoms in total. The lowest BCUT2D eigenvalue weighted by Gasteiger charge is -2.07. The molecule has 1 aromatic heterocycles. The van der Waals surface area contributed by atoms with Gasteiger partial charge in [-0.3, -0.25) is 4.79 Å². The van der Waals surface area contributed by atoms with Crippen molar-refractivity contribution in [3.63, 3.8) is 0 Å². The van der Waals surface area contributed by atoms with Crippen molar-refractivity contribution in [3.05, 3.63) is 39.8 Å². The zero-order chi connectivity index (χ0) is 16.9. The van der Waals surface area contributed by atoms with Crippen molar-refractivity contribution in [1.29, 1.82) is 0 Å². The second-order valence-corrected chi connectivity index (χ2v) is 7.94. The van der Waals surface area contributed by atoms with Crippen LogP contribution in [0.2, 0.25) is 10.0 Å². The lowest BCUT2D eigenvalue weighted by molar-refractivity contribution is -0.116. The minimum atomic E-state index is -3.68. The van der Waals surface area contributed by atoms with E-state index in [9.17, 15) is 13.2 Å². The number of hydrogen-bond acceptors (Lipinski definition) is 5. The first-order valence-corrected chi connectivity index (χ1v) is 9.64. The van der Waals surface area contributed by atoms with Gasteiger partial charge in [-0.1, -0.05) is 23.2 Å². The lowest BCUT2D eigenvalue weighted by atomic mass is 10.3. The predicted molar refractivity (Wildman–Crippen MR) is 91.6 cm³/mol. The van der Waals surface area contributed by atoms with Crippen LogP contribution < -0.4 is 10.0 Å². The summed E-state index contributed by atoms with van der Waals surface area (Å²) in [5.41, 5.74) is 0. The van der Waals surface area contributed by atoms with Gasteiger partial charge in [-0.15, -0.1) is 11.3 Å². The highest BCUT2D eigenvalue weighted by Crippen LogP contribution is 2.24. The Kier molecular flexibility index (Phi) is 6.37. The molecule has 0 bridgehead atoms. The Balaban J connectivity index is 1.80. The molecule has 2 aromatic rings. The van der Waals surface area contributed by atoms with Crippen LogP contribution in [0.15, 0.2) is 34.7 Å². The number of amides is 1. The van der Waals surface area contributed by atoms with Crippen LogP contribution in [0.25, 0.3) is 0 Å². The van der Waals surface area contributed by atoms with Crippen molar-refractivity contribution in [2.24, 2.45) is 0 Å². The van der Waals surface area contributed by atoms with E-state index in [2.05, 4.69) is 15.0 Å². The van der Waals surface area contributed by atoms with Gasteiger partial charge in [0.15, 0.2) is 5.13 Å². The summed E-state index contributed by atoms with van der Waals surface area (Å²) in [6.45, 7) is 0.133. The molecule has 0 unspecified atom stereocenters. The van der Waals surface area contributed by atoms with Crippen molar-refractivity contribution in [2.75, 3.05) is 11.9 Å². The SMILES string of the molecule is O=C(CCCNS(=O)(=O)c1ccc(Cl)c(Cl)c1)Nc1nccs1. The van der Waals surface area contributed by atoms with E-state index in [1.807, 2.05) is 0 Å². The number of anilines is 1. The standard InChI is InChI=1S/C13H13Cl2N3O3S2/c14-10-4-3-9(8-11(10)15)23(20,21)17-5-1-2-12(19)18-13-16-6-7-22-13/h3-4,6-8,17H,1-2,5H2,(H,16,18,19). The number of nitrogens with one attached hydrogen (secondary N) is 2. The van der Waals surface area contributed by atoms with Crippen LogP contribution >= 0.6 is 34.5 Å². The molecule has 1 amide bonds. The second-order valence-electron chi connectivity index (χ2n) is 4.46. The molecule has 0 fully saturated rings. The lowest BCUT2D eigenvalue weighted by Crippen LogP contribution is -2.25. The summed E-state index contributed by atoms with van der Waals surface area (Å²) in [4.78, 5) is 15.6. The Labute approximate surface area is 147 Å². The van der Waals surface area contributed by atoms with Gasteiger partial charge in [0, 0.05) is 24.5 Å². The van der Waals surface area contributed by atoms with Crippen LogP contribution in [0.4, 0.5) is 5.13 Å². The van der Waals surface area contributed by atoms with Crippen molar-refractivity contribution < 1.29 is 13.2 Å². The molecule has 0 saturated carbocycles. The smallest absolute Gasteiger partial charge is 0.240 e. The molecule has 1 aromatic carbocycles. The largest absolute Gasteiger partial charge is 0.302 e. The molecular formula is C13H13Cl2N3O3S2. The maximum absolute atomic E-state index is 12.1. The van der Waals surface area contributed by atoms with Crippen molar-refractivity contribution in [3.8, 4) is 0 Å². The van der Waals surface area contributed by atoms with Crippen LogP contribution in [0.5, 0.6) is 0 Å². The molecule has 10 heteroatoms. The molecule has 1 heterocycles. The monoisotopic (exact) mass is 393 g/mol. The molecule has 0 aliphatic carbocycles. The molecule has 0 saturated heterocycles. The summed E-state index contributed by atoms with van der Waals surface area (Å²) in [7, 11) is -3.68. The number of nitrogens with zero attached hydrogens (tertiary/aromatic N) is 1. The van der Waals surface area contributed by atoms with Crippen molar-refractivity contribution in [2.45, 2.75) is 17.7 Å². The van der Waals surface area contributed by atoms with Gasteiger partial charge in [-0.05, 0) is 24.6 Å². The molecule has 0 spiro atoms. The van der Waals surface area contributed by atoms with E-state index in [0.717, 1.165) is 0 Å². The number of thiazole rings is 1. The molecule has 23 heavy (non-hydrogen) atoms. The average molecular weight is 394 g/mol. The highest BCUT2D eigenvalue weighted by atomic mass is 35.5. The quantitative estimate of drug-likeness (QED) is 0.707. The fourth-order valence-corrected chi connectivity index (χ4v) is 3.66. The summed E-state index contributed by atoms with van der Waals surface area (Å²) in [6.07, 6.45) is 2.13. The Bertz CT molecular complexity index is 780. The zero-order valence-corrected chi connectivity index (χ0v) is 14.9.